The first kappa shape index (κ1) is 20.1. The van der Waals surface area contributed by atoms with Crippen LogP contribution in [0.25, 0.3) is 0 Å². The van der Waals surface area contributed by atoms with Gasteiger partial charge in [-0.1, -0.05) is 25.4 Å². The quantitative estimate of drug-likeness (QED) is 0.710. The number of carbonyl (C=O) groups excluding carboxylic acids is 1. The van der Waals surface area contributed by atoms with Crippen LogP contribution in [0.5, 0.6) is 0 Å². The van der Waals surface area contributed by atoms with E-state index in [0.717, 1.165) is 37.3 Å². The Balaban J connectivity index is 1.56. The van der Waals surface area contributed by atoms with Crippen LogP contribution in [0.1, 0.15) is 26.7 Å². The van der Waals surface area contributed by atoms with Crippen LogP contribution >= 0.6 is 22.9 Å². The van der Waals surface area contributed by atoms with E-state index in [1.807, 2.05) is 4.90 Å². The molecule has 0 aliphatic carbocycles. The van der Waals surface area contributed by atoms with Crippen molar-refractivity contribution in [1.29, 1.82) is 0 Å². The summed E-state index contributed by atoms with van der Waals surface area (Å²) in [5.41, 5.74) is 0. The predicted molar refractivity (Wildman–Crippen MR) is 104 cm³/mol. The molecule has 146 valence electrons. The molecule has 3 rings (SSSR count). The molecule has 0 bridgehead atoms. The Kier molecular flexibility index (Phi) is 6.29. The van der Waals surface area contributed by atoms with Crippen LogP contribution in [0.2, 0.25) is 4.34 Å². The van der Waals surface area contributed by atoms with Gasteiger partial charge in [-0.2, -0.15) is 4.31 Å². The second kappa shape index (κ2) is 8.14. The summed E-state index contributed by atoms with van der Waals surface area (Å²) >= 11 is 6.96. The lowest BCUT2D eigenvalue weighted by molar-refractivity contribution is -0.132. The standard InChI is InChI=1S/C17H26ClN3O3S2/c1-13(2)5-7-20-8-6-14(17(20)22)19-9-11-21(12-10-19)26(23,24)16-4-3-15(18)25-16/h3-4,13-14H,5-12H2,1-2H3. The average molecular weight is 420 g/mol. The van der Waals surface area contributed by atoms with Gasteiger partial charge in [0.15, 0.2) is 0 Å². The maximum atomic E-state index is 12.7. The van der Waals surface area contributed by atoms with Gasteiger partial charge in [0.2, 0.25) is 5.91 Å². The van der Waals surface area contributed by atoms with Crippen molar-refractivity contribution in [3.63, 3.8) is 0 Å². The molecule has 0 spiro atoms. The zero-order valence-electron chi connectivity index (χ0n) is 15.2. The number of rotatable bonds is 6. The van der Waals surface area contributed by atoms with E-state index in [1.165, 1.54) is 4.31 Å². The zero-order chi connectivity index (χ0) is 18.9. The molecule has 2 fully saturated rings. The van der Waals surface area contributed by atoms with E-state index in [-0.39, 0.29) is 16.2 Å². The monoisotopic (exact) mass is 419 g/mol. The second-order valence-corrected chi connectivity index (χ2v) is 11.2. The number of carbonyl (C=O) groups is 1. The summed E-state index contributed by atoms with van der Waals surface area (Å²) < 4.78 is 27.6. The molecule has 3 heterocycles. The number of amides is 1. The fourth-order valence-electron chi connectivity index (χ4n) is 3.52. The van der Waals surface area contributed by atoms with E-state index in [2.05, 4.69) is 18.7 Å². The molecular formula is C17H26ClN3O3S2. The molecule has 2 saturated heterocycles. The molecule has 1 amide bonds. The lowest BCUT2D eigenvalue weighted by Crippen LogP contribution is -2.53. The lowest BCUT2D eigenvalue weighted by atomic mass is 10.1. The van der Waals surface area contributed by atoms with Crippen LogP contribution in [0.3, 0.4) is 0 Å². The maximum Gasteiger partial charge on any atom is 0.252 e. The summed E-state index contributed by atoms with van der Waals surface area (Å²) in [6.07, 6.45) is 1.86. The van der Waals surface area contributed by atoms with Crippen LogP contribution in [0.15, 0.2) is 16.3 Å². The normalized spacial score (nSPS) is 23.3. The number of piperazine rings is 1. The number of hydrogen-bond donors (Lipinski definition) is 0. The Bertz CT molecular complexity index is 742. The van der Waals surface area contributed by atoms with Gasteiger partial charge in [-0.3, -0.25) is 9.69 Å². The van der Waals surface area contributed by atoms with Crippen LogP contribution in [-0.4, -0.2) is 73.7 Å². The highest BCUT2D eigenvalue weighted by atomic mass is 35.5. The molecule has 9 heteroatoms. The first-order valence-electron chi connectivity index (χ1n) is 9.07. The molecule has 2 aliphatic rings. The zero-order valence-corrected chi connectivity index (χ0v) is 17.6. The van der Waals surface area contributed by atoms with Gasteiger partial charge in [0.05, 0.1) is 10.4 Å². The van der Waals surface area contributed by atoms with Crippen molar-refractivity contribution in [2.75, 3.05) is 39.3 Å². The van der Waals surface area contributed by atoms with Crippen molar-refractivity contribution in [1.82, 2.24) is 14.1 Å². The van der Waals surface area contributed by atoms with Crippen molar-refractivity contribution < 1.29 is 13.2 Å². The van der Waals surface area contributed by atoms with E-state index < -0.39 is 10.0 Å². The second-order valence-electron chi connectivity index (χ2n) is 7.31. The molecule has 2 aliphatic heterocycles. The molecule has 26 heavy (non-hydrogen) atoms. The number of halogens is 1. The summed E-state index contributed by atoms with van der Waals surface area (Å²) in [5, 5.41) is 0. The summed E-state index contributed by atoms with van der Waals surface area (Å²) in [6.45, 7) is 7.96. The predicted octanol–water partition coefficient (Wildman–Crippen LogP) is 2.35. The van der Waals surface area contributed by atoms with Crippen molar-refractivity contribution in [3.05, 3.63) is 16.5 Å². The average Bonchev–Trinajstić information content (AvgIpc) is 3.19. The summed E-state index contributed by atoms with van der Waals surface area (Å²) in [5.74, 6) is 0.786. The topological polar surface area (TPSA) is 60.9 Å². The van der Waals surface area contributed by atoms with Gasteiger partial charge in [-0.15, -0.1) is 11.3 Å². The van der Waals surface area contributed by atoms with Crippen LogP contribution in [0, 0.1) is 5.92 Å². The van der Waals surface area contributed by atoms with E-state index in [9.17, 15) is 13.2 Å². The highest BCUT2D eigenvalue weighted by Crippen LogP contribution is 2.29. The first-order chi connectivity index (χ1) is 12.3. The van der Waals surface area contributed by atoms with Gasteiger partial charge in [-0.25, -0.2) is 8.42 Å². The van der Waals surface area contributed by atoms with Gasteiger partial charge in [0, 0.05) is 39.3 Å². The molecule has 1 unspecified atom stereocenters. The maximum absolute atomic E-state index is 12.7. The molecule has 0 saturated carbocycles. The minimum Gasteiger partial charge on any atom is -0.341 e. The first-order valence-corrected chi connectivity index (χ1v) is 11.7. The molecule has 1 aromatic heterocycles. The smallest absolute Gasteiger partial charge is 0.252 e. The fourth-order valence-corrected chi connectivity index (χ4v) is 6.58. The van der Waals surface area contributed by atoms with Crippen LogP contribution in [0.4, 0.5) is 0 Å². The van der Waals surface area contributed by atoms with Crippen molar-refractivity contribution in [3.8, 4) is 0 Å². The van der Waals surface area contributed by atoms with E-state index in [1.54, 1.807) is 12.1 Å². The minimum absolute atomic E-state index is 0.0943. The van der Waals surface area contributed by atoms with Gasteiger partial charge in [0.25, 0.3) is 10.0 Å². The number of likely N-dealkylation sites (tertiary alicyclic amines) is 1. The number of thiophene rings is 1. The highest BCUT2D eigenvalue weighted by Gasteiger charge is 2.38. The van der Waals surface area contributed by atoms with Crippen molar-refractivity contribution in [2.24, 2.45) is 5.92 Å². The van der Waals surface area contributed by atoms with E-state index in [0.29, 0.717) is 36.4 Å². The Morgan fingerprint density at radius 1 is 1.19 bits per heavy atom. The summed E-state index contributed by atoms with van der Waals surface area (Å²) in [6, 6.07) is 3.07. The Hall–Kier alpha value is -0.670. The van der Waals surface area contributed by atoms with Gasteiger partial charge < -0.3 is 4.90 Å². The largest absolute Gasteiger partial charge is 0.341 e. The van der Waals surface area contributed by atoms with Crippen molar-refractivity contribution in [2.45, 2.75) is 36.9 Å². The third-order valence-corrected chi connectivity index (χ3v) is 8.70. The molecule has 0 N–H and O–H groups in total. The Morgan fingerprint density at radius 2 is 1.88 bits per heavy atom. The summed E-state index contributed by atoms with van der Waals surface area (Å²) in [4.78, 5) is 16.8. The minimum atomic E-state index is -3.49. The molecule has 0 aromatic carbocycles. The van der Waals surface area contributed by atoms with Gasteiger partial charge >= 0.3 is 0 Å². The third-order valence-electron chi connectivity index (χ3n) is 5.10. The number of sulfonamides is 1. The molecular weight excluding hydrogens is 394 g/mol. The van der Waals surface area contributed by atoms with Crippen LogP contribution in [-0.2, 0) is 14.8 Å². The van der Waals surface area contributed by atoms with E-state index in [4.69, 9.17) is 11.6 Å². The Morgan fingerprint density at radius 3 is 2.46 bits per heavy atom. The lowest BCUT2D eigenvalue weighted by Gasteiger charge is -2.36. The molecule has 1 aromatic rings. The van der Waals surface area contributed by atoms with Crippen LogP contribution < -0.4 is 0 Å². The van der Waals surface area contributed by atoms with E-state index >= 15 is 0 Å². The van der Waals surface area contributed by atoms with Gasteiger partial charge in [-0.05, 0) is 30.9 Å². The number of hydrogen-bond acceptors (Lipinski definition) is 5. The van der Waals surface area contributed by atoms with Crippen molar-refractivity contribution >= 4 is 38.9 Å². The summed E-state index contributed by atoms with van der Waals surface area (Å²) in [7, 11) is -3.49. The third kappa shape index (κ3) is 4.25. The van der Waals surface area contributed by atoms with Gasteiger partial charge in [0.1, 0.15) is 4.21 Å². The SMILES string of the molecule is CC(C)CCN1CCC(N2CCN(S(=O)(=O)c3ccc(Cl)s3)CC2)C1=O. The Labute approximate surface area is 164 Å². The molecule has 6 nitrogen and oxygen atoms in total. The number of nitrogens with zero attached hydrogens (tertiary/aromatic N) is 3. The molecule has 1 atom stereocenters. The fraction of sp³-hybridized carbons (Fsp3) is 0.706. The highest BCUT2D eigenvalue weighted by molar-refractivity contribution is 7.91. The molecule has 0 radical (unpaired) electrons.